The fraction of sp³-hybridized carbons (Fsp3) is 0.375. The van der Waals surface area contributed by atoms with Crippen LogP contribution in [0.15, 0.2) is 28.0 Å². The van der Waals surface area contributed by atoms with Crippen LogP contribution in [-0.4, -0.2) is 37.5 Å². The van der Waals surface area contributed by atoms with Crippen LogP contribution in [0.1, 0.15) is 0 Å². The first-order valence-electron chi connectivity index (χ1n) is 4.35. The van der Waals surface area contributed by atoms with Gasteiger partial charge in [-0.2, -0.15) is 17.5 Å². The maximum Gasteiger partial charge on any atom is 0.402 e. The molecule has 0 saturated heterocycles. The van der Waals surface area contributed by atoms with Crippen molar-refractivity contribution in [3.05, 3.63) is 28.7 Å². The third-order valence-corrected chi connectivity index (χ3v) is 3.67. The van der Waals surface area contributed by atoms with Gasteiger partial charge in [0.05, 0.1) is 4.90 Å². The summed E-state index contributed by atoms with van der Waals surface area (Å²) < 4.78 is 59.6. The van der Waals surface area contributed by atoms with Crippen molar-refractivity contribution in [3.63, 3.8) is 0 Å². The predicted octanol–water partition coefficient (Wildman–Crippen LogP) is 0.558. The summed E-state index contributed by atoms with van der Waals surface area (Å²) in [6.45, 7) is -1.59. The van der Waals surface area contributed by atoms with Gasteiger partial charge in [0.15, 0.2) is 0 Å². The van der Waals surface area contributed by atoms with E-state index in [2.05, 4.69) is 4.98 Å². The van der Waals surface area contributed by atoms with Crippen molar-refractivity contribution in [2.24, 2.45) is 0 Å². The topological polar surface area (TPSA) is 70.2 Å². The normalized spacial score (nSPS) is 13.0. The molecule has 1 aromatic heterocycles. The Kier molecular flexibility index (Phi) is 3.62. The van der Waals surface area contributed by atoms with Gasteiger partial charge >= 0.3 is 6.18 Å². The third-order valence-electron chi connectivity index (χ3n) is 1.87. The summed E-state index contributed by atoms with van der Waals surface area (Å²) in [4.78, 5) is 12.4. The molecule has 0 spiro atoms. The number of hydrogen-bond acceptors (Lipinski definition) is 3. The van der Waals surface area contributed by atoms with Crippen molar-refractivity contribution in [2.45, 2.75) is 11.1 Å². The van der Waals surface area contributed by atoms with Crippen molar-refractivity contribution >= 4 is 10.0 Å². The van der Waals surface area contributed by atoms with Crippen molar-refractivity contribution in [1.29, 1.82) is 0 Å². The molecule has 9 heteroatoms. The summed E-state index contributed by atoms with van der Waals surface area (Å²) in [7, 11) is -3.43. The quantitative estimate of drug-likeness (QED) is 0.872. The van der Waals surface area contributed by atoms with E-state index in [1.807, 2.05) is 0 Å². The maximum absolute atomic E-state index is 12.1. The minimum Gasteiger partial charge on any atom is -0.328 e. The number of alkyl halides is 3. The summed E-state index contributed by atoms with van der Waals surface area (Å²) in [5.41, 5.74) is -0.539. The third kappa shape index (κ3) is 3.56. The molecule has 17 heavy (non-hydrogen) atoms. The lowest BCUT2D eigenvalue weighted by molar-refractivity contribution is -0.134. The standard InChI is InChI=1S/C8H9F3N2O3S/c1-13(5-8(9,10)11)17(15,16)6-2-3-7(14)12-4-6/h2-4H,5H2,1H3,(H,12,14). The van der Waals surface area contributed by atoms with Crippen LogP contribution < -0.4 is 5.56 Å². The number of hydrogen-bond donors (Lipinski definition) is 1. The second-order valence-electron chi connectivity index (χ2n) is 3.26. The fourth-order valence-corrected chi connectivity index (χ4v) is 2.20. The Morgan fingerprint density at radius 3 is 2.35 bits per heavy atom. The highest BCUT2D eigenvalue weighted by atomic mass is 32.2. The smallest absolute Gasteiger partial charge is 0.328 e. The zero-order valence-corrected chi connectivity index (χ0v) is 9.47. The van der Waals surface area contributed by atoms with Gasteiger partial charge in [-0.1, -0.05) is 0 Å². The summed E-state index contributed by atoms with van der Waals surface area (Å²) in [6, 6.07) is 1.87. The van der Waals surface area contributed by atoms with Crippen LogP contribution in [0.5, 0.6) is 0 Å². The Balaban J connectivity index is 3.03. The molecule has 0 aromatic carbocycles. The molecule has 1 heterocycles. The van der Waals surface area contributed by atoms with Crippen molar-refractivity contribution < 1.29 is 21.6 Å². The van der Waals surface area contributed by atoms with Crippen LogP contribution >= 0.6 is 0 Å². The molecule has 0 bridgehead atoms. The van der Waals surface area contributed by atoms with E-state index in [4.69, 9.17) is 0 Å². The van der Waals surface area contributed by atoms with E-state index in [0.29, 0.717) is 0 Å². The average Bonchev–Trinajstić information content (AvgIpc) is 2.15. The molecule has 0 unspecified atom stereocenters. The highest BCUT2D eigenvalue weighted by molar-refractivity contribution is 7.89. The molecule has 5 nitrogen and oxygen atoms in total. The minimum atomic E-state index is -4.62. The first-order chi connectivity index (χ1) is 7.63. The number of rotatable bonds is 3. The molecular formula is C8H9F3N2O3S. The van der Waals surface area contributed by atoms with Crippen LogP contribution in [-0.2, 0) is 10.0 Å². The van der Waals surface area contributed by atoms with Gasteiger partial charge in [0.2, 0.25) is 15.6 Å². The second-order valence-corrected chi connectivity index (χ2v) is 5.31. The van der Waals surface area contributed by atoms with E-state index in [0.717, 1.165) is 25.4 Å². The second kappa shape index (κ2) is 4.49. The number of aromatic amines is 1. The van der Waals surface area contributed by atoms with Crippen LogP contribution in [0.3, 0.4) is 0 Å². The Morgan fingerprint density at radius 2 is 1.94 bits per heavy atom. The largest absolute Gasteiger partial charge is 0.402 e. The van der Waals surface area contributed by atoms with E-state index in [-0.39, 0.29) is 4.31 Å². The number of nitrogens with one attached hydrogen (secondary N) is 1. The molecule has 0 radical (unpaired) electrons. The van der Waals surface area contributed by atoms with Gasteiger partial charge in [0, 0.05) is 19.3 Å². The number of pyridine rings is 1. The van der Waals surface area contributed by atoms with Gasteiger partial charge in [-0.05, 0) is 6.07 Å². The van der Waals surface area contributed by atoms with Gasteiger partial charge in [-0.25, -0.2) is 8.42 Å². The Labute approximate surface area is 94.9 Å². The molecule has 1 aromatic rings. The average molecular weight is 270 g/mol. The summed E-state index contributed by atoms with van der Waals surface area (Å²) in [5.74, 6) is 0. The van der Waals surface area contributed by atoms with Gasteiger partial charge in [-0.15, -0.1) is 0 Å². The molecule has 96 valence electrons. The molecule has 0 aliphatic carbocycles. The summed E-state index contributed by atoms with van der Waals surface area (Å²) in [5, 5.41) is 0. The number of aromatic nitrogens is 1. The fourth-order valence-electron chi connectivity index (χ4n) is 1.07. The molecule has 0 amide bonds. The molecule has 0 fully saturated rings. The van der Waals surface area contributed by atoms with Crippen molar-refractivity contribution in [1.82, 2.24) is 9.29 Å². The molecule has 0 saturated carbocycles. The van der Waals surface area contributed by atoms with Crippen LogP contribution in [0.25, 0.3) is 0 Å². The monoisotopic (exact) mass is 270 g/mol. The Hall–Kier alpha value is -1.35. The van der Waals surface area contributed by atoms with Crippen molar-refractivity contribution in [2.75, 3.05) is 13.6 Å². The van der Waals surface area contributed by atoms with Crippen molar-refractivity contribution in [3.8, 4) is 0 Å². The first-order valence-corrected chi connectivity index (χ1v) is 5.79. The van der Waals surface area contributed by atoms with Crippen LogP contribution in [0.4, 0.5) is 13.2 Å². The summed E-state index contributed by atoms with van der Waals surface area (Å²) >= 11 is 0. The highest BCUT2D eigenvalue weighted by Crippen LogP contribution is 2.20. The Morgan fingerprint density at radius 1 is 1.35 bits per heavy atom. The van der Waals surface area contributed by atoms with Crippen LogP contribution in [0, 0.1) is 0 Å². The highest BCUT2D eigenvalue weighted by Gasteiger charge is 2.34. The zero-order chi connectivity index (χ0) is 13.3. The minimum absolute atomic E-state index is 0.167. The van der Waals surface area contributed by atoms with Gasteiger partial charge in [0.25, 0.3) is 0 Å². The van der Waals surface area contributed by atoms with E-state index in [1.54, 1.807) is 0 Å². The molecule has 1 N–H and O–H groups in total. The van der Waals surface area contributed by atoms with Gasteiger partial charge in [-0.3, -0.25) is 4.79 Å². The molecule has 0 aliphatic rings. The number of sulfonamides is 1. The molecular weight excluding hydrogens is 261 g/mol. The SMILES string of the molecule is CN(CC(F)(F)F)S(=O)(=O)c1ccc(=O)[nH]c1. The van der Waals surface area contributed by atoms with E-state index >= 15 is 0 Å². The van der Waals surface area contributed by atoms with Gasteiger partial charge in [0.1, 0.15) is 6.54 Å². The number of nitrogens with zero attached hydrogens (tertiary/aromatic N) is 1. The lowest BCUT2D eigenvalue weighted by atomic mass is 10.5. The van der Waals surface area contributed by atoms with E-state index in [1.165, 1.54) is 0 Å². The number of H-pyrrole nitrogens is 1. The predicted molar refractivity (Wildman–Crippen MR) is 52.9 cm³/mol. The van der Waals surface area contributed by atoms with E-state index < -0.39 is 33.2 Å². The molecule has 0 aliphatic heterocycles. The van der Waals surface area contributed by atoms with E-state index in [9.17, 15) is 26.4 Å². The lowest BCUT2D eigenvalue weighted by Crippen LogP contribution is -2.36. The maximum atomic E-state index is 12.1. The van der Waals surface area contributed by atoms with Gasteiger partial charge < -0.3 is 4.98 Å². The summed E-state index contributed by atoms with van der Waals surface area (Å²) in [6.07, 6.45) is -3.77. The lowest BCUT2D eigenvalue weighted by Gasteiger charge is -2.18. The number of halogens is 3. The Bertz CT molecular complexity index is 529. The molecule has 0 atom stereocenters. The first kappa shape index (κ1) is 13.7. The zero-order valence-electron chi connectivity index (χ0n) is 8.65. The molecule has 1 rings (SSSR count). The van der Waals surface area contributed by atoms with Crippen LogP contribution in [0.2, 0.25) is 0 Å².